The normalized spacial score (nSPS) is 12.4. The molecule has 0 saturated heterocycles. The largest absolute Gasteiger partial charge is 0.494 e. The average molecular weight is 539 g/mol. The molecular formula is C29H31ClN2O6. The zero-order valence-corrected chi connectivity index (χ0v) is 22.3. The topological polar surface area (TPSA) is 86.3 Å². The second-order valence-electron chi connectivity index (χ2n) is 8.76. The molecule has 1 heterocycles. The van der Waals surface area contributed by atoms with Gasteiger partial charge in [0.2, 0.25) is 5.91 Å². The number of amides is 2. The van der Waals surface area contributed by atoms with Crippen LogP contribution in [0.2, 0.25) is 5.02 Å². The van der Waals surface area contributed by atoms with Crippen LogP contribution in [0.25, 0.3) is 0 Å². The minimum absolute atomic E-state index is 0.00863. The highest BCUT2D eigenvalue weighted by atomic mass is 35.5. The summed E-state index contributed by atoms with van der Waals surface area (Å²) in [5, 5.41) is 3.59. The van der Waals surface area contributed by atoms with Crippen molar-refractivity contribution in [3.05, 3.63) is 71.2 Å². The Morgan fingerprint density at radius 2 is 1.79 bits per heavy atom. The minimum atomic E-state index is -0.131. The van der Waals surface area contributed by atoms with Gasteiger partial charge in [-0.3, -0.25) is 9.59 Å². The quantitative estimate of drug-likeness (QED) is 0.306. The summed E-state index contributed by atoms with van der Waals surface area (Å²) in [5.74, 6) is 2.40. The van der Waals surface area contributed by atoms with E-state index in [2.05, 4.69) is 5.32 Å². The summed E-state index contributed by atoms with van der Waals surface area (Å²) in [6.07, 6.45) is 2.36. The molecule has 0 aromatic heterocycles. The van der Waals surface area contributed by atoms with E-state index < -0.39 is 0 Å². The lowest BCUT2D eigenvalue weighted by atomic mass is 10.1. The number of carbonyl (C=O) groups excluding carboxylic acids is 2. The number of halogens is 1. The first-order chi connectivity index (χ1) is 18.5. The number of nitrogens with zero attached hydrogens (tertiary/aromatic N) is 1. The number of fused-ring (bicyclic) bond motifs is 1. The van der Waals surface area contributed by atoms with Crippen molar-refractivity contribution in [1.82, 2.24) is 0 Å². The first-order valence-corrected chi connectivity index (χ1v) is 12.8. The van der Waals surface area contributed by atoms with Crippen molar-refractivity contribution < 1.29 is 28.5 Å². The van der Waals surface area contributed by atoms with E-state index in [0.717, 1.165) is 24.2 Å². The van der Waals surface area contributed by atoms with E-state index in [0.29, 0.717) is 59.6 Å². The maximum Gasteiger partial charge on any atom is 0.265 e. The zero-order chi connectivity index (χ0) is 26.9. The van der Waals surface area contributed by atoms with E-state index in [1.165, 1.54) is 0 Å². The van der Waals surface area contributed by atoms with Gasteiger partial charge in [0.05, 0.1) is 26.5 Å². The van der Waals surface area contributed by atoms with Gasteiger partial charge in [0.1, 0.15) is 11.5 Å². The number of ether oxygens (including phenoxy) is 4. The van der Waals surface area contributed by atoms with Gasteiger partial charge in [-0.1, -0.05) is 17.7 Å². The maximum atomic E-state index is 12.7. The fourth-order valence-electron chi connectivity index (χ4n) is 4.14. The van der Waals surface area contributed by atoms with Crippen LogP contribution in [-0.2, 0) is 16.0 Å². The molecule has 0 radical (unpaired) electrons. The Labute approximate surface area is 227 Å². The van der Waals surface area contributed by atoms with E-state index in [1.54, 1.807) is 49.5 Å². The van der Waals surface area contributed by atoms with Gasteiger partial charge in [0.25, 0.3) is 5.91 Å². The van der Waals surface area contributed by atoms with Crippen molar-refractivity contribution in [1.29, 1.82) is 0 Å². The summed E-state index contributed by atoms with van der Waals surface area (Å²) in [6, 6.07) is 18.2. The van der Waals surface area contributed by atoms with Gasteiger partial charge in [-0.15, -0.1) is 0 Å². The molecule has 0 saturated carbocycles. The van der Waals surface area contributed by atoms with Crippen LogP contribution in [0.1, 0.15) is 24.8 Å². The number of hydrogen-bond acceptors (Lipinski definition) is 6. The molecule has 3 aromatic carbocycles. The van der Waals surface area contributed by atoms with Crippen LogP contribution in [0.5, 0.6) is 23.0 Å². The number of nitrogens with one attached hydrogen (secondary N) is 1. The third-order valence-corrected chi connectivity index (χ3v) is 6.38. The highest BCUT2D eigenvalue weighted by molar-refractivity contribution is 6.30. The van der Waals surface area contributed by atoms with Crippen molar-refractivity contribution in [2.24, 2.45) is 0 Å². The van der Waals surface area contributed by atoms with E-state index in [9.17, 15) is 9.59 Å². The molecule has 9 heteroatoms. The van der Waals surface area contributed by atoms with Gasteiger partial charge in [-0.2, -0.15) is 0 Å². The molecule has 1 aliphatic heterocycles. The molecule has 4 rings (SSSR count). The summed E-state index contributed by atoms with van der Waals surface area (Å²) in [5.41, 5.74) is 2.22. The standard InChI is InChI=1S/C29H31ClN2O6/c1-35-26-12-5-20(17-27(26)36-2)6-14-28(33)31-22-9-13-25-24(18-22)32(29(34)19-38-25)15-3-4-16-37-23-10-7-21(30)8-11-23/h5,7-13,17-18H,3-4,6,14-16,19H2,1-2H3,(H,31,33). The predicted molar refractivity (Wildman–Crippen MR) is 147 cm³/mol. The van der Waals surface area contributed by atoms with Crippen LogP contribution in [0, 0.1) is 0 Å². The summed E-state index contributed by atoms with van der Waals surface area (Å²) in [7, 11) is 3.16. The molecule has 0 spiro atoms. The third kappa shape index (κ3) is 7.10. The number of anilines is 2. The second-order valence-corrected chi connectivity index (χ2v) is 9.20. The Morgan fingerprint density at radius 3 is 2.55 bits per heavy atom. The van der Waals surface area contributed by atoms with Gasteiger partial charge in [0, 0.05) is 23.7 Å². The molecule has 8 nitrogen and oxygen atoms in total. The molecule has 0 unspecified atom stereocenters. The highest BCUT2D eigenvalue weighted by Crippen LogP contribution is 2.35. The number of benzene rings is 3. The van der Waals surface area contributed by atoms with Crippen LogP contribution < -0.4 is 29.2 Å². The molecule has 1 N–H and O–H groups in total. The molecule has 0 aliphatic carbocycles. The molecule has 3 aromatic rings. The molecular weight excluding hydrogens is 508 g/mol. The van der Waals surface area contributed by atoms with Crippen LogP contribution in [-0.4, -0.2) is 45.8 Å². The van der Waals surface area contributed by atoms with Crippen LogP contribution in [0.3, 0.4) is 0 Å². The summed E-state index contributed by atoms with van der Waals surface area (Å²) in [6.45, 7) is 1.05. The number of rotatable bonds is 12. The first kappa shape index (κ1) is 27.1. The monoisotopic (exact) mass is 538 g/mol. The molecule has 2 amide bonds. The molecule has 200 valence electrons. The Kier molecular flexibility index (Phi) is 9.32. The van der Waals surface area contributed by atoms with Gasteiger partial charge in [-0.25, -0.2) is 0 Å². The van der Waals surface area contributed by atoms with Gasteiger partial charge in [0.15, 0.2) is 18.1 Å². The Bertz CT molecular complexity index is 1260. The number of methoxy groups -OCH3 is 2. The Morgan fingerprint density at radius 1 is 1.00 bits per heavy atom. The fraction of sp³-hybridized carbons (Fsp3) is 0.310. The highest BCUT2D eigenvalue weighted by Gasteiger charge is 2.25. The molecule has 38 heavy (non-hydrogen) atoms. The van der Waals surface area contributed by atoms with E-state index in [4.69, 9.17) is 30.5 Å². The first-order valence-electron chi connectivity index (χ1n) is 12.4. The lowest BCUT2D eigenvalue weighted by Gasteiger charge is -2.30. The van der Waals surface area contributed by atoms with Crippen LogP contribution in [0.15, 0.2) is 60.7 Å². The van der Waals surface area contributed by atoms with Crippen LogP contribution in [0.4, 0.5) is 11.4 Å². The number of carbonyl (C=O) groups is 2. The maximum absolute atomic E-state index is 12.7. The lowest BCUT2D eigenvalue weighted by Crippen LogP contribution is -2.39. The predicted octanol–water partition coefficient (Wildman–Crippen LogP) is 5.51. The van der Waals surface area contributed by atoms with Crippen LogP contribution >= 0.6 is 11.6 Å². The van der Waals surface area contributed by atoms with Gasteiger partial charge >= 0.3 is 0 Å². The smallest absolute Gasteiger partial charge is 0.265 e. The average Bonchev–Trinajstić information content (AvgIpc) is 2.93. The summed E-state index contributed by atoms with van der Waals surface area (Å²) < 4.78 is 21.9. The Balaban J connectivity index is 1.31. The SMILES string of the molecule is COc1ccc(CCC(=O)Nc2ccc3c(c2)N(CCCCOc2ccc(Cl)cc2)C(=O)CO3)cc1OC. The van der Waals surface area contributed by atoms with E-state index in [1.807, 2.05) is 30.3 Å². The molecule has 0 fully saturated rings. The van der Waals surface area contributed by atoms with Crippen molar-refractivity contribution in [2.75, 3.05) is 44.2 Å². The van der Waals surface area contributed by atoms with Crippen molar-refractivity contribution in [3.8, 4) is 23.0 Å². The van der Waals surface area contributed by atoms with Gasteiger partial charge < -0.3 is 29.2 Å². The summed E-state index contributed by atoms with van der Waals surface area (Å²) >= 11 is 5.90. The number of aryl methyl sites for hydroxylation is 1. The molecule has 0 atom stereocenters. The third-order valence-electron chi connectivity index (χ3n) is 6.13. The molecule has 0 bridgehead atoms. The number of hydrogen-bond donors (Lipinski definition) is 1. The second kappa shape index (κ2) is 13.1. The Hall–Kier alpha value is -3.91. The van der Waals surface area contributed by atoms with E-state index >= 15 is 0 Å². The fourth-order valence-corrected chi connectivity index (χ4v) is 4.26. The summed E-state index contributed by atoms with van der Waals surface area (Å²) in [4.78, 5) is 27.0. The lowest BCUT2D eigenvalue weighted by molar-refractivity contribution is -0.121. The minimum Gasteiger partial charge on any atom is -0.494 e. The van der Waals surface area contributed by atoms with Crippen molar-refractivity contribution in [3.63, 3.8) is 0 Å². The van der Waals surface area contributed by atoms with Crippen molar-refractivity contribution >= 4 is 34.8 Å². The van der Waals surface area contributed by atoms with Gasteiger partial charge in [-0.05, 0) is 79.4 Å². The molecule has 1 aliphatic rings. The van der Waals surface area contributed by atoms with E-state index in [-0.39, 0.29) is 18.4 Å². The number of unbranched alkanes of at least 4 members (excludes halogenated alkanes) is 1. The zero-order valence-electron chi connectivity index (χ0n) is 21.5. The van der Waals surface area contributed by atoms with Crippen molar-refractivity contribution in [2.45, 2.75) is 25.7 Å².